The van der Waals surface area contributed by atoms with Gasteiger partial charge in [0.25, 0.3) is 11.9 Å². The van der Waals surface area contributed by atoms with Gasteiger partial charge in [-0.05, 0) is 57.1 Å². The van der Waals surface area contributed by atoms with E-state index in [-0.39, 0.29) is 11.6 Å². The number of aryl methyl sites for hydroxylation is 1. The molecule has 1 amide bonds. The van der Waals surface area contributed by atoms with E-state index in [4.69, 9.17) is 18.8 Å². The van der Waals surface area contributed by atoms with Gasteiger partial charge in [-0.25, -0.2) is 9.97 Å². The van der Waals surface area contributed by atoms with Crippen molar-refractivity contribution in [1.82, 2.24) is 19.9 Å². The fourth-order valence-corrected chi connectivity index (χ4v) is 4.90. The fraction of sp³-hybridized carbons (Fsp3) is 0.423. The molecule has 1 N–H and O–H groups in total. The quantitative estimate of drug-likeness (QED) is 0.423. The Morgan fingerprint density at radius 1 is 0.972 bits per heavy atom. The molecule has 6 heterocycles. The average Bonchev–Trinajstić information content (AvgIpc) is 3.57. The number of oxazole rings is 2. The van der Waals surface area contributed by atoms with Crippen molar-refractivity contribution in [1.29, 1.82) is 0 Å². The first kappa shape index (κ1) is 22.5. The SMILES string of the molecule is Cc1cnccc1-c1nc(C(=O)Nc2cc3oc(N4CCCCC4)nc3nc2N2CCCCC2)co1. The number of fused-ring (bicyclic) bond motifs is 1. The van der Waals surface area contributed by atoms with E-state index in [1.165, 1.54) is 19.1 Å². The van der Waals surface area contributed by atoms with Crippen LogP contribution in [0, 0.1) is 6.92 Å². The Bertz CT molecular complexity index is 1380. The normalized spacial score (nSPS) is 16.5. The van der Waals surface area contributed by atoms with Crippen molar-refractivity contribution >= 4 is 34.7 Å². The van der Waals surface area contributed by atoms with Crippen LogP contribution in [0.4, 0.5) is 17.5 Å². The molecule has 2 fully saturated rings. The minimum absolute atomic E-state index is 0.192. The number of hydrogen-bond donors (Lipinski definition) is 1. The molecular formula is C26H29N7O3. The largest absolute Gasteiger partial charge is 0.444 e. The zero-order chi connectivity index (χ0) is 24.5. The van der Waals surface area contributed by atoms with Gasteiger partial charge in [-0.1, -0.05) is 0 Å². The van der Waals surface area contributed by atoms with Gasteiger partial charge < -0.3 is 24.0 Å². The molecule has 0 aromatic carbocycles. The second-order valence-corrected chi connectivity index (χ2v) is 9.46. The molecule has 10 nitrogen and oxygen atoms in total. The van der Waals surface area contributed by atoms with Crippen molar-refractivity contribution < 1.29 is 13.6 Å². The first-order valence-electron chi connectivity index (χ1n) is 12.6. The summed E-state index contributed by atoms with van der Waals surface area (Å²) in [7, 11) is 0. The molecule has 4 aromatic heterocycles. The lowest BCUT2D eigenvalue weighted by molar-refractivity contribution is 0.102. The average molecular weight is 488 g/mol. The number of carbonyl (C=O) groups is 1. The second-order valence-electron chi connectivity index (χ2n) is 9.46. The molecule has 0 atom stereocenters. The highest BCUT2D eigenvalue weighted by Crippen LogP contribution is 2.33. The van der Waals surface area contributed by atoms with Gasteiger partial charge in [0, 0.05) is 50.2 Å². The number of carbonyl (C=O) groups excluding carboxylic acids is 1. The third-order valence-corrected chi connectivity index (χ3v) is 6.87. The zero-order valence-electron chi connectivity index (χ0n) is 20.4. The van der Waals surface area contributed by atoms with E-state index in [9.17, 15) is 4.79 Å². The van der Waals surface area contributed by atoms with Gasteiger partial charge in [-0.15, -0.1) is 0 Å². The molecule has 2 aliphatic heterocycles. The Morgan fingerprint density at radius 3 is 2.47 bits per heavy atom. The summed E-state index contributed by atoms with van der Waals surface area (Å²) in [5.41, 5.74) is 3.61. The summed E-state index contributed by atoms with van der Waals surface area (Å²) in [6.07, 6.45) is 11.6. The summed E-state index contributed by atoms with van der Waals surface area (Å²) in [4.78, 5) is 35.7. The molecular weight excluding hydrogens is 458 g/mol. The molecule has 186 valence electrons. The molecule has 6 rings (SSSR count). The van der Waals surface area contributed by atoms with E-state index in [1.807, 2.05) is 19.1 Å². The minimum Gasteiger partial charge on any atom is -0.444 e. The smallest absolute Gasteiger partial charge is 0.299 e. The summed E-state index contributed by atoms with van der Waals surface area (Å²) < 4.78 is 11.7. The molecule has 4 aromatic rings. The van der Waals surface area contributed by atoms with Crippen molar-refractivity contribution in [3.05, 3.63) is 42.0 Å². The maximum Gasteiger partial charge on any atom is 0.299 e. The monoisotopic (exact) mass is 487 g/mol. The lowest BCUT2D eigenvalue weighted by Gasteiger charge is -2.29. The topological polar surface area (TPSA) is 113 Å². The molecule has 0 aliphatic carbocycles. The number of aromatic nitrogens is 4. The second kappa shape index (κ2) is 9.60. The van der Waals surface area contributed by atoms with E-state index in [0.717, 1.165) is 63.0 Å². The molecule has 0 saturated carbocycles. The van der Waals surface area contributed by atoms with Gasteiger partial charge in [0.05, 0.1) is 5.69 Å². The Kier molecular flexibility index (Phi) is 6.00. The summed E-state index contributed by atoms with van der Waals surface area (Å²) in [6.45, 7) is 5.55. The zero-order valence-corrected chi connectivity index (χ0v) is 20.4. The van der Waals surface area contributed by atoms with Gasteiger partial charge in [0.15, 0.2) is 17.1 Å². The van der Waals surface area contributed by atoms with E-state index in [0.29, 0.717) is 34.6 Å². The van der Waals surface area contributed by atoms with E-state index >= 15 is 0 Å². The van der Waals surface area contributed by atoms with Gasteiger partial charge >= 0.3 is 0 Å². The first-order chi connectivity index (χ1) is 17.7. The first-order valence-corrected chi connectivity index (χ1v) is 12.6. The Hall–Kier alpha value is -3.95. The fourth-order valence-electron chi connectivity index (χ4n) is 4.90. The number of hydrogen-bond acceptors (Lipinski definition) is 9. The van der Waals surface area contributed by atoms with Crippen LogP contribution in [-0.2, 0) is 0 Å². The van der Waals surface area contributed by atoms with Crippen molar-refractivity contribution in [3.63, 3.8) is 0 Å². The number of piperidine rings is 2. The van der Waals surface area contributed by atoms with Crippen LogP contribution in [0.25, 0.3) is 22.7 Å². The highest BCUT2D eigenvalue weighted by Gasteiger charge is 2.24. The van der Waals surface area contributed by atoms with Crippen LogP contribution in [0.2, 0.25) is 0 Å². The number of amides is 1. The molecule has 0 radical (unpaired) electrons. The van der Waals surface area contributed by atoms with E-state index in [2.05, 4.69) is 25.1 Å². The van der Waals surface area contributed by atoms with Crippen LogP contribution in [0.15, 0.2) is 39.6 Å². The molecule has 0 spiro atoms. The predicted molar refractivity (Wildman–Crippen MR) is 136 cm³/mol. The van der Waals surface area contributed by atoms with Crippen molar-refractivity contribution in [2.45, 2.75) is 45.4 Å². The van der Waals surface area contributed by atoms with Crippen molar-refractivity contribution in [2.24, 2.45) is 0 Å². The van der Waals surface area contributed by atoms with Crippen LogP contribution in [0.3, 0.4) is 0 Å². The predicted octanol–water partition coefficient (Wildman–Crippen LogP) is 4.81. The number of anilines is 3. The Morgan fingerprint density at radius 2 is 1.72 bits per heavy atom. The summed E-state index contributed by atoms with van der Waals surface area (Å²) in [6, 6.07) is 4.25. The Labute approximate surface area is 208 Å². The van der Waals surface area contributed by atoms with Crippen LogP contribution in [0.5, 0.6) is 0 Å². The molecule has 2 aliphatic rings. The third-order valence-electron chi connectivity index (χ3n) is 6.87. The lowest BCUT2D eigenvalue weighted by Crippen LogP contribution is -2.31. The third kappa shape index (κ3) is 4.38. The maximum atomic E-state index is 13.2. The van der Waals surface area contributed by atoms with Crippen molar-refractivity contribution in [3.8, 4) is 11.5 Å². The molecule has 0 unspecified atom stereocenters. The highest BCUT2D eigenvalue weighted by molar-refractivity contribution is 6.05. The van der Waals surface area contributed by atoms with Crippen LogP contribution in [0.1, 0.15) is 54.6 Å². The van der Waals surface area contributed by atoms with Crippen LogP contribution < -0.4 is 15.1 Å². The molecule has 10 heteroatoms. The number of pyridine rings is 2. The summed E-state index contributed by atoms with van der Waals surface area (Å²) in [5.74, 6) is 0.723. The van der Waals surface area contributed by atoms with E-state index in [1.54, 1.807) is 12.4 Å². The highest BCUT2D eigenvalue weighted by atomic mass is 16.4. The van der Waals surface area contributed by atoms with Crippen LogP contribution in [-0.4, -0.2) is 52.0 Å². The minimum atomic E-state index is -0.369. The summed E-state index contributed by atoms with van der Waals surface area (Å²) >= 11 is 0. The van der Waals surface area contributed by atoms with Gasteiger partial charge in [0.1, 0.15) is 6.26 Å². The summed E-state index contributed by atoms with van der Waals surface area (Å²) in [5, 5.41) is 3.01. The van der Waals surface area contributed by atoms with Gasteiger partial charge in [-0.2, -0.15) is 4.98 Å². The molecule has 2 saturated heterocycles. The Balaban J connectivity index is 1.32. The lowest BCUT2D eigenvalue weighted by atomic mass is 10.1. The van der Waals surface area contributed by atoms with Gasteiger partial charge in [0.2, 0.25) is 11.5 Å². The molecule has 36 heavy (non-hydrogen) atoms. The number of nitrogens with one attached hydrogen (secondary N) is 1. The van der Waals surface area contributed by atoms with E-state index < -0.39 is 0 Å². The van der Waals surface area contributed by atoms with Crippen molar-refractivity contribution in [2.75, 3.05) is 41.3 Å². The number of nitrogens with zero attached hydrogens (tertiary/aromatic N) is 6. The van der Waals surface area contributed by atoms with Crippen LogP contribution >= 0.6 is 0 Å². The van der Waals surface area contributed by atoms with Gasteiger partial charge in [-0.3, -0.25) is 9.78 Å². The standard InChI is InChI=1S/C26H29N7O3/c1-17-15-27-9-8-18(17)25-29-20(16-35-25)24(34)28-19-14-21-22(30-23(19)32-10-4-2-5-11-32)31-26(36-21)33-12-6-3-7-13-33/h8-9,14-16H,2-7,10-13H2,1H3,(H,28,34). The molecule has 0 bridgehead atoms. The maximum absolute atomic E-state index is 13.2. The number of rotatable bonds is 5.